The van der Waals surface area contributed by atoms with Crippen LogP contribution in [0, 0.1) is 5.92 Å². The fraction of sp³-hybridized carbons (Fsp3) is 0.400. The van der Waals surface area contributed by atoms with Crippen LogP contribution in [0.2, 0.25) is 0 Å². The van der Waals surface area contributed by atoms with Crippen LogP contribution in [0.3, 0.4) is 0 Å². The summed E-state index contributed by atoms with van der Waals surface area (Å²) in [4.78, 5) is 15.1. The molecule has 3 heteroatoms. The highest BCUT2D eigenvalue weighted by molar-refractivity contribution is 6.13. The monoisotopic (exact) mass is 375 g/mol. The number of ether oxygens (including phenoxy) is 1. The number of Topliss-reactive ketones (excluding diaryl/α,β-unsaturated/α-hetero) is 1. The van der Waals surface area contributed by atoms with E-state index in [4.69, 9.17) is 4.74 Å². The lowest BCUT2D eigenvalue weighted by molar-refractivity contribution is 0.103. The molecule has 0 N–H and O–H groups in total. The molecule has 0 amide bonds. The summed E-state index contributed by atoms with van der Waals surface area (Å²) in [6.45, 7) is 3.43. The van der Waals surface area contributed by atoms with Gasteiger partial charge < -0.3 is 4.74 Å². The van der Waals surface area contributed by atoms with Crippen LogP contribution in [0.5, 0.6) is 5.75 Å². The Kier molecular flexibility index (Phi) is 5.92. The molecule has 1 fully saturated rings. The zero-order valence-electron chi connectivity index (χ0n) is 16.7. The highest BCUT2D eigenvalue weighted by Crippen LogP contribution is 2.30. The molecule has 0 spiro atoms. The zero-order valence-corrected chi connectivity index (χ0v) is 16.7. The second-order valence-corrected chi connectivity index (χ2v) is 8.04. The molecular formula is C25H29NO2. The van der Waals surface area contributed by atoms with Gasteiger partial charge in [-0.15, -0.1) is 0 Å². The van der Waals surface area contributed by atoms with E-state index < -0.39 is 0 Å². The SMILES string of the molecule is COc1ccc2c(c1)C/C(=C/CCC1CCN(Cc3ccccc3)CC1)C2=O. The predicted molar refractivity (Wildman–Crippen MR) is 113 cm³/mol. The molecule has 28 heavy (non-hydrogen) atoms. The van der Waals surface area contributed by atoms with E-state index >= 15 is 0 Å². The summed E-state index contributed by atoms with van der Waals surface area (Å²) in [5, 5.41) is 0. The van der Waals surface area contributed by atoms with Crippen LogP contribution in [0.1, 0.15) is 47.2 Å². The van der Waals surface area contributed by atoms with E-state index in [2.05, 4.69) is 41.3 Å². The van der Waals surface area contributed by atoms with Crippen molar-refractivity contribution in [3.05, 3.63) is 76.9 Å². The molecule has 1 heterocycles. The molecule has 146 valence electrons. The Morgan fingerprint density at radius 2 is 1.89 bits per heavy atom. The Balaban J connectivity index is 1.24. The van der Waals surface area contributed by atoms with Gasteiger partial charge in [-0.25, -0.2) is 0 Å². The molecular weight excluding hydrogens is 346 g/mol. The Morgan fingerprint density at radius 1 is 1.11 bits per heavy atom. The Labute approximate surface area is 168 Å². The number of methoxy groups -OCH3 is 1. The van der Waals surface area contributed by atoms with Crippen LogP contribution in [0.15, 0.2) is 60.2 Å². The van der Waals surface area contributed by atoms with Gasteiger partial charge in [-0.2, -0.15) is 0 Å². The fourth-order valence-corrected chi connectivity index (χ4v) is 4.46. The molecule has 3 nitrogen and oxygen atoms in total. The maximum atomic E-state index is 12.6. The number of fused-ring (bicyclic) bond motifs is 1. The number of carbonyl (C=O) groups excluding carboxylic acids is 1. The summed E-state index contributed by atoms with van der Waals surface area (Å²) in [5.74, 6) is 1.81. The first-order chi connectivity index (χ1) is 13.7. The molecule has 1 aliphatic heterocycles. The second kappa shape index (κ2) is 8.74. The number of carbonyl (C=O) groups is 1. The summed E-state index contributed by atoms with van der Waals surface area (Å²) in [5.41, 5.74) is 4.32. The molecule has 1 aliphatic carbocycles. The average Bonchev–Trinajstić information content (AvgIpc) is 3.05. The molecule has 0 unspecified atom stereocenters. The Bertz CT molecular complexity index is 848. The minimum absolute atomic E-state index is 0.204. The first-order valence-corrected chi connectivity index (χ1v) is 10.4. The maximum Gasteiger partial charge on any atom is 0.189 e. The standard InChI is InChI=1S/C25H29NO2/c1-28-23-10-11-24-22(17-23)16-21(25(24)27)9-5-8-19-12-14-26(15-13-19)18-20-6-3-2-4-7-20/h2-4,6-7,9-11,17,19H,5,8,12-16,18H2,1H3/b21-9-. The largest absolute Gasteiger partial charge is 0.497 e. The molecule has 0 aromatic heterocycles. The minimum Gasteiger partial charge on any atom is -0.497 e. The molecule has 2 aliphatic rings. The van der Waals surface area contributed by atoms with Gasteiger partial charge in [0.15, 0.2) is 5.78 Å². The number of hydrogen-bond donors (Lipinski definition) is 0. The number of allylic oxidation sites excluding steroid dienone is 2. The fourth-order valence-electron chi connectivity index (χ4n) is 4.46. The molecule has 1 saturated heterocycles. The molecule has 4 rings (SSSR count). The lowest BCUT2D eigenvalue weighted by Gasteiger charge is -2.31. The topological polar surface area (TPSA) is 29.5 Å². The normalized spacial score (nSPS) is 19.2. The third-order valence-corrected chi connectivity index (χ3v) is 6.15. The third kappa shape index (κ3) is 4.36. The number of piperidine rings is 1. The lowest BCUT2D eigenvalue weighted by Crippen LogP contribution is -2.33. The van der Waals surface area contributed by atoms with Crippen molar-refractivity contribution in [1.82, 2.24) is 4.90 Å². The summed E-state index contributed by atoms with van der Waals surface area (Å²) >= 11 is 0. The van der Waals surface area contributed by atoms with Crippen LogP contribution < -0.4 is 4.74 Å². The van der Waals surface area contributed by atoms with Crippen molar-refractivity contribution in [2.45, 2.75) is 38.6 Å². The van der Waals surface area contributed by atoms with Gasteiger partial charge in [-0.1, -0.05) is 36.4 Å². The van der Waals surface area contributed by atoms with Crippen LogP contribution in [0.4, 0.5) is 0 Å². The first kappa shape index (κ1) is 18.9. The van der Waals surface area contributed by atoms with E-state index in [1.165, 1.54) is 37.9 Å². The van der Waals surface area contributed by atoms with Gasteiger partial charge >= 0.3 is 0 Å². The zero-order chi connectivity index (χ0) is 19.3. The number of nitrogens with zero attached hydrogens (tertiary/aromatic N) is 1. The predicted octanol–water partition coefficient (Wildman–Crippen LogP) is 5.05. The van der Waals surface area contributed by atoms with Crippen molar-refractivity contribution >= 4 is 5.78 Å². The highest BCUT2D eigenvalue weighted by Gasteiger charge is 2.25. The summed E-state index contributed by atoms with van der Waals surface area (Å²) < 4.78 is 5.28. The number of benzene rings is 2. The molecule has 0 atom stereocenters. The molecule has 0 radical (unpaired) electrons. The summed E-state index contributed by atoms with van der Waals surface area (Å²) in [7, 11) is 1.67. The van der Waals surface area contributed by atoms with Gasteiger partial charge in [-0.05, 0) is 74.0 Å². The van der Waals surface area contributed by atoms with Crippen molar-refractivity contribution in [3.63, 3.8) is 0 Å². The number of hydrogen-bond acceptors (Lipinski definition) is 3. The minimum atomic E-state index is 0.204. The van der Waals surface area contributed by atoms with Crippen LogP contribution in [-0.4, -0.2) is 30.9 Å². The van der Waals surface area contributed by atoms with Crippen LogP contribution in [0.25, 0.3) is 0 Å². The highest BCUT2D eigenvalue weighted by atomic mass is 16.5. The van der Waals surface area contributed by atoms with E-state index in [0.29, 0.717) is 0 Å². The number of rotatable bonds is 6. The van der Waals surface area contributed by atoms with Gasteiger partial charge in [0.1, 0.15) is 5.75 Å². The average molecular weight is 376 g/mol. The molecule has 0 bridgehead atoms. The van der Waals surface area contributed by atoms with E-state index in [9.17, 15) is 4.79 Å². The molecule has 0 saturated carbocycles. The first-order valence-electron chi connectivity index (χ1n) is 10.4. The van der Waals surface area contributed by atoms with E-state index in [-0.39, 0.29) is 5.78 Å². The van der Waals surface area contributed by atoms with Gasteiger partial charge in [0, 0.05) is 24.1 Å². The van der Waals surface area contributed by atoms with Gasteiger partial charge in [-0.3, -0.25) is 9.69 Å². The molecule has 2 aromatic carbocycles. The number of likely N-dealkylation sites (tertiary alicyclic amines) is 1. The van der Waals surface area contributed by atoms with E-state index in [0.717, 1.165) is 47.8 Å². The van der Waals surface area contributed by atoms with Crippen molar-refractivity contribution in [2.75, 3.05) is 20.2 Å². The van der Waals surface area contributed by atoms with Gasteiger partial charge in [0.25, 0.3) is 0 Å². The quantitative estimate of drug-likeness (QED) is 0.662. The van der Waals surface area contributed by atoms with Crippen molar-refractivity contribution < 1.29 is 9.53 Å². The summed E-state index contributed by atoms with van der Waals surface area (Å²) in [6.07, 6.45) is 7.67. The van der Waals surface area contributed by atoms with Gasteiger partial charge in [0.2, 0.25) is 0 Å². The molecule has 2 aromatic rings. The third-order valence-electron chi connectivity index (χ3n) is 6.15. The smallest absolute Gasteiger partial charge is 0.189 e. The van der Waals surface area contributed by atoms with Crippen molar-refractivity contribution in [2.24, 2.45) is 5.92 Å². The Hall–Kier alpha value is -2.39. The Morgan fingerprint density at radius 3 is 2.64 bits per heavy atom. The van der Waals surface area contributed by atoms with Crippen LogP contribution in [-0.2, 0) is 13.0 Å². The van der Waals surface area contributed by atoms with Crippen molar-refractivity contribution in [1.29, 1.82) is 0 Å². The van der Waals surface area contributed by atoms with Crippen LogP contribution >= 0.6 is 0 Å². The van der Waals surface area contributed by atoms with E-state index in [1.807, 2.05) is 18.2 Å². The second-order valence-electron chi connectivity index (χ2n) is 8.04. The maximum absolute atomic E-state index is 12.6. The van der Waals surface area contributed by atoms with Crippen molar-refractivity contribution in [3.8, 4) is 5.75 Å². The summed E-state index contributed by atoms with van der Waals surface area (Å²) in [6, 6.07) is 16.5. The van der Waals surface area contributed by atoms with E-state index in [1.54, 1.807) is 7.11 Å². The van der Waals surface area contributed by atoms with Gasteiger partial charge in [0.05, 0.1) is 7.11 Å². The lowest BCUT2D eigenvalue weighted by atomic mass is 9.91. The number of ketones is 1.